The summed E-state index contributed by atoms with van der Waals surface area (Å²) in [6.07, 6.45) is 2.16. The SMILES string of the molecule is CCCCN=NC(C)(C)O. The molecule has 0 saturated heterocycles. The lowest BCUT2D eigenvalue weighted by Gasteiger charge is -2.07. The van der Waals surface area contributed by atoms with Gasteiger partial charge in [-0.25, -0.2) is 0 Å². The van der Waals surface area contributed by atoms with E-state index < -0.39 is 5.72 Å². The molecule has 0 aliphatic heterocycles. The summed E-state index contributed by atoms with van der Waals surface area (Å²) in [4.78, 5) is 0. The lowest BCUT2D eigenvalue weighted by atomic mass is 10.3. The minimum Gasteiger partial charge on any atom is -0.368 e. The van der Waals surface area contributed by atoms with Gasteiger partial charge >= 0.3 is 0 Å². The van der Waals surface area contributed by atoms with E-state index in [1.165, 1.54) is 0 Å². The van der Waals surface area contributed by atoms with Crippen molar-refractivity contribution in [1.29, 1.82) is 0 Å². The van der Waals surface area contributed by atoms with Crippen LogP contribution in [0.4, 0.5) is 0 Å². The molecule has 0 aliphatic rings. The molecule has 0 spiro atoms. The van der Waals surface area contributed by atoms with Gasteiger partial charge in [0.1, 0.15) is 0 Å². The van der Waals surface area contributed by atoms with E-state index in [9.17, 15) is 0 Å². The molecule has 0 heterocycles. The molecule has 0 unspecified atom stereocenters. The Labute approximate surface area is 62.2 Å². The number of unbranched alkanes of at least 4 members (excludes halogenated alkanes) is 1. The monoisotopic (exact) mass is 144 g/mol. The van der Waals surface area contributed by atoms with Crippen LogP contribution in [-0.2, 0) is 0 Å². The number of azo groups is 1. The summed E-state index contributed by atoms with van der Waals surface area (Å²) in [5, 5.41) is 16.5. The first-order chi connectivity index (χ1) is 4.56. The minimum absolute atomic E-state index is 0.723. The zero-order chi connectivity index (χ0) is 8.04. The van der Waals surface area contributed by atoms with E-state index in [1.54, 1.807) is 13.8 Å². The van der Waals surface area contributed by atoms with Crippen LogP contribution >= 0.6 is 0 Å². The van der Waals surface area contributed by atoms with E-state index in [4.69, 9.17) is 5.11 Å². The summed E-state index contributed by atoms with van der Waals surface area (Å²) >= 11 is 0. The van der Waals surface area contributed by atoms with Gasteiger partial charge in [-0.3, -0.25) is 0 Å². The third kappa shape index (κ3) is 7.56. The molecule has 0 aromatic heterocycles. The Morgan fingerprint density at radius 1 is 1.40 bits per heavy atom. The Morgan fingerprint density at radius 2 is 2.00 bits per heavy atom. The average molecular weight is 144 g/mol. The molecule has 0 radical (unpaired) electrons. The molecule has 0 atom stereocenters. The molecule has 0 fully saturated rings. The lowest BCUT2D eigenvalue weighted by molar-refractivity contribution is 0.0816. The smallest absolute Gasteiger partial charge is 0.170 e. The van der Waals surface area contributed by atoms with E-state index in [-0.39, 0.29) is 0 Å². The molecule has 0 aromatic rings. The van der Waals surface area contributed by atoms with Gasteiger partial charge in [-0.15, -0.1) is 0 Å². The van der Waals surface area contributed by atoms with E-state index in [0.29, 0.717) is 0 Å². The highest BCUT2D eigenvalue weighted by molar-refractivity contribution is 4.56. The van der Waals surface area contributed by atoms with Gasteiger partial charge in [0, 0.05) is 0 Å². The van der Waals surface area contributed by atoms with Gasteiger partial charge < -0.3 is 5.11 Å². The van der Waals surface area contributed by atoms with Crippen LogP contribution in [0.2, 0.25) is 0 Å². The average Bonchev–Trinajstić information content (AvgIpc) is 1.78. The van der Waals surface area contributed by atoms with Crippen LogP contribution in [0.1, 0.15) is 33.6 Å². The fourth-order valence-electron chi connectivity index (χ4n) is 0.452. The molecule has 60 valence electrons. The topological polar surface area (TPSA) is 45.0 Å². The fourth-order valence-corrected chi connectivity index (χ4v) is 0.452. The maximum Gasteiger partial charge on any atom is 0.170 e. The second-order valence-electron chi connectivity index (χ2n) is 2.81. The van der Waals surface area contributed by atoms with Crippen LogP contribution in [0, 0.1) is 0 Å². The van der Waals surface area contributed by atoms with Gasteiger partial charge in [-0.05, 0) is 20.3 Å². The summed E-state index contributed by atoms with van der Waals surface area (Å²) in [5.74, 6) is 0. The Hall–Kier alpha value is -0.440. The molecule has 3 heteroatoms. The molecule has 0 aromatic carbocycles. The molecular formula is C7H16N2O. The second kappa shape index (κ2) is 4.39. The minimum atomic E-state index is -0.992. The van der Waals surface area contributed by atoms with Crippen LogP contribution in [0.3, 0.4) is 0 Å². The largest absolute Gasteiger partial charge is 0.368 e. The normalized spacial score (nSPS) is 12.8. The van der Waals surface area contributed by atoms with E-state index in [1.807, 2.05) is 0 Å². The number of hydrogen-bond acceptors (Lipinski definition) is 3. The van der Waals surface area contributed by atoms with Crippen molar-refractivity contribution in [1.82, 2.24) is 0 Å². The van der Waals surface area contributed by atoms with Crippen LogP contribution < -0.4 is 0 Å². The molecule has 3 nitrogen and oxygen atoms in total. The van der Waals surface area contributed by atoms with Crippen molar-refractivity contribution in [2.45, 2.75) is 39.3 Å². The predicted octanol–water partition coefficient (Wildman–Crippen LogP) is 1.97. The highest BCUT2D eigenvalue weighted by Crippen LogP contribution is 2.02. The maximum absolute atomic E-state index is 9.06. The van der Waals surface area contributed by atoms with Crippen molar-refractivity contribution >= 4 is 0 Å². The number of hydrogen-bond donors (Lipinski definition) is 1. The van der Waals surface area contributed by atoms with Crippen molar-refractivity contribution in [3.63, 3.8) is 0 Å². The van der Waals surface area contributed by atoms with E-state index in [0.717, 1.165) is 19.4 Å². The van der Waals surface area contributed by atoms with Crippen LogP contribution in [0.25, 0.3) is 0 Å². The predicted molar refractivity (Wildman–Crippen MR) is 40.9 cm³/mol. The van der Waals surface area contributed by atoms with Gasteiger partial charge in [0.05, 0.1) is 6.54 Å². The van der Waals surface area contributed by atoms with Gasteiger partial charge in [0.2, 0.25) is 0 Å². The molecule has 1 N–H and O–H groups in total. The zero-order valence-corrected chi connectivity index (χ0v) is 6.96. The van der Waals surface area contributed by atoms with Crippen molar-refractivity contribution in [3.8, 4) is 0 Å². The molecule has 0 saturated carbocycles. The van der Waals surface area contributed by atoms with Crippen molar-refractivity contribution in [2.75, 3.05) is 6.54 Å². The second-order valence-corrected chi connectivity index (χ2v) is 2.81. The van der Waals surface area contributed by atoms with Gasteiger partial charge in [-0.1, -0.05) is 13.3 Å². The van der Waals surface area contributed by atoms with Crippen LogP contribution in [-0.4, -0.2) is 17.4 Å². The maximum atomic E-state index is 9.06. The molecule has 0 bridgehead atoms. The molecule has 0 rings (SSSR count). The Balaban J connectivity index is 3.37. The molecule has 0 amide bonds. The van der Waals surface area contributed by atoms with E-state index in [2.05, 4.69) is 17.2 Å². The summed E-state index contributed by atoms with van der Waals surface area (Å²) in [6.45, 7) is 6.05. The number of aliphatic hydroxyl groups is 1. The number of rotatable bonds is 4. The van der Waals surface area contributed by atoms with Crippen LogP contribution in [0.15, 0.2) is 10.2 Å². The molecular weight excluding hydrogens is 128 g/mol. The summed E-state index contributed by atoms with van der Waals surface area (Å²) in [5.41, 5.74) is -0.992. The van der Waals surface area contributed by atoms with Gasteiger partial charge in [-0.2, -0.15) is 10.2 Å². The first-order valence-electron chi connectivity index (χ1n) is 3.67. The van der Waals surface area contributed by atoms with Crippen molar-refractivity contribution in [3.05, 3.63) is 0 Å². The first-order valence-corrected chi connectivity index (χ1v) is 3.67. The van der Waals surface area contributed by atoms with E-state index >= 15 is 0 Å². The molecule has 10 heavy (non-hydrogen) atoms. The number of nitrogens with zero attached hydrogens (tertiary/aromatic N) is 2. The Morgan fingerprint density at radius 3 is 2.40 bits per heavy atom. The third-order valence-electron chi connectivity index (χ3n) is 0.927. The summed E-state index contributed by atoms with van der Waals surface area (Å²) in [6, 6.07) is 0. The first kappa shape index (κ1) is 9.56. The van der Waals surface area contributed by atoms with Gasteiger partial charge in [0.25, 0.3) is 0 Å². The quantitative estimate of drug-likeness (QED) is 0.476. The fraction of sp³-hybridized carbons (Fsp3) is 1.00. The lowest BCUT2D eigenvalue weighted by Crippen LogP contribution is -2.13. The van der Waals surface area contributed by atoms with Crippen molar-refractivity contribution in [2.24, 2.45) is 10.2 Å². The standard InChI is InChI=1S/C7H16N2O/c1-4-5-6-8-9-7(2,3)10/h10H,4-6H2,1-3H3. The summed E-state index contributed by atoms with van der Waals surface area (Å²) < 4.78 is 0. The van der Waals surface area contributed by atoms with Crippen LogP contribution in [0.5, 0.6) is 0 Å². The van der Waals surface area contributed by atoms with Crippen molar-refractivity contribution < 1.29 is 5.11 Å². The Kier molecular flexibility index (Phi) is 4.19. The zero-order valence-electron chi connectivity index (χ0n) is 6.96. The van der Waals surface area contributed by atoms with Gasteiger partial charge in [0.15, 0.2) is 5.72 Å². The summed E-state index contributed by atoms with van der Waals surface area (Å²) in [7, 11) is 0. The third-order valence-corrected chi connectivity index (χ3v) is 0.927. The molecule has 0 aliphatic carbocycles. The highest BCUT2D eigenvalue weighted by atomic mass is 16.3. The Bertz CT molecular complexity index is 105. The highest BCUT2D eigenvalue weighted by Gasteiger charge is 2.07.